The molecule has 0 bridgehead atoms. The zero-order valence-corrected chi connectivity index (χ0v) is 14.6. The molecule has 1 aromatic rings. The maximum absolute atomic E-state index is 12.7. The van der Waals surface area contributed by atoms with Crippen molar-refractivity contribution >= 4 is 11.8 Å². The van der Waals surface area contributed by atoms with Crippen LogP contribution in [-0.4, -0.2) is 67.5 Å². The second-order valence-corrected chi connectivity index (χ2v) is 5.85. The van der Waals surface area contributed by atoms with Gasteiger partial charge in [0, 0.05) is 32.7 Å². The van der Waals surface area contributed by atoms with Crippen LogP contribution in [0.2, 0.25) is 0 Å². The van der Waals surface area contributed by atoms with Gasteiger partial charge >= 0.3 is 0 Å². The molecule has 132 valence electrons. The molecule has 24 heavy (non-hydrogen) atoms. The summed E-state index contributed by atoms with van der Waals surface area (Å²) in [4.78, 5) is 28.4. The molecule has 0 aromatic heterocycles. The first-order valence-electron chi connectivity index (χ1n) is 8.65. The van der Waals surface area contributed by atoms with Crippen LogP contribution in [0.5, 0.6) is 5.75 Å². The topological polar surface area (TPSA) is 61.9 Å². The van der Waals surface area contributed by atoms with E-state index in [1.807, 2.05) is 36.9 Å². The molecule has 2 amide bonds. The van der Waals surface area contributed by atoms with Gasteiger partial charge in [0.1, 0.15) is 5.75 Å². The highest BCUT2D eigenvalue weighted by atomic mass is 16.5. The molecule has 0 radical (unpaired) electrons. The van der Waals surface area contributed by atoms with Crippen molar-refractivity contribution in [3.05, 3.63) is 29.8 Å². The lowest BCUT2D eigenvalue weighted by molar-refractivity contribution is -0.122. The molecule has 1 fully saturated rings. The van der Waals surface area contributed by atoms with Crippen molar-refractivity contribution in [3.8, 4) is 5.75 Å². The predicted octanol–water partition coefficient (Wildman–Crippen LogP) is 1.37. The number of hydrogen-bond donors (Lipinski definition) is 1. The van der Waals surface area contributed by atoms with Crippen molar-refractivity contribution in [2.45, 2.75) is 20.3 Å². The number of amides is 2. The van der Waals surface area contributed by atoms with Crippen LogP contribution in [0.1, 0.15) is 30.6 Å². The first kappa shape index (κ1) is 18.3. The lowest BCUT2D eigenvalue weighted by Crippen LogP contribution is -2.51. The Morgan fingerprint density at radius 1 is 1.12 bits per heavy atom. The summed E-state index contributed by atoms with van der Waals surface area (Å²) in [6.07, 6.45) is 0.938. The number of nitrogens with one attached hydrogen (secondary N) is 1. The third-order valence-corrected chi connectivity index (χ3v) is 4.02. The number of benzene rings is 1. The molecule has 0 saturated carbocycles. The van der Waals surface area contributed by atoms with Gasteiger partial charge < -0.3 is 15.0 Å². The number of ether oxygens (including phenoxy) is 1. The third-order valence-electron chi connectivity index (χ3n) is 4.02. The van der Waals surface area contributed by atoms with Crippen molar-refractivity contribution in [2.24, 2.45) is 0 Å². The Kier molecular flexibility index (Phi) is 7.06. The van der Waals surface area contributed by atoms with Crippen molar-refractivity contribution in [1.82, 2.24) is 15.1 Å². The third kappa shape index (κ3) is 4.96. The van der Waals surface area contributed by atoms with Gasteiger partial charge in [0.25, 0.3) is 5.91 Å². The summed E-state index contributed by atoms with van der Waals surface area (Å²) in [5.41, 5.74) is 0.605. The Morgan fingerprint density at radius 2 is 1.83 bits per heavy atom. The van der Waals surface area contributed by atoms with E-state index in [0.717, 1.165) is 6.42 Å². The van der Waals surface area contributed by atoms with E-state index in [9.17, 15) is 9.59 Å². The van der Waals surface area contributed by atoms with Crippen LogP contribution in [0.15, 0.2) is 24.3 Å². The van der Waals surface area contributed by atoms with Crippen molar-refractivity contribution in [2.75, 3.05) is 45.9 Å². The minimum Gasteiger partial charge on any atom is -0.493 e. The van der Waals surface area contributed by atoms with E-state index in [1.165, 1.54) is 0 Å². The molecular formula is C18H27N3O3. The largest absolute Gasteiger partial charge is 0.493 e. The lowest BCUT2D eigenvalue weighted by atomic mass is 10.1. The van der Waals surface area contributed by atoms with Gasteiger partial charge in [0.05, 0.1) is 18.7 Å². The van der Waals surface area contributed by atoms with Crippen LogP contribution in [0, 0.1) is 0 Å². The van der Waals surface area contributed by atoms with Crippen LogP contribution in [-0.2, 0) is 4.79 Å². The standard InChI is InChI=1S/C18H27N3O3/c1-3-9-19-17(22)14-20-10-12-21(13-11-20)18(23)15-7-5-6-8-16(15)24-4-2/h5-8H,3-4,9-14H2,1-2H3,(H,19,22). The Balaban J connectivity index is 1.88. The quantitative estimate of drug-likeness (QED) is 0.819. The second-order valence-electron chi connectivity index (χ2n) is 5.85. The van der Waals surface area contributed by atoms with E-state index >= 15 is 0 Å². The summed E-state index contributed by atoms with van der Waals surface area (Å²) in [5, 5.41) is 2.88. The monoisotopic (exact) mass is 333 g/mol. The molecule has 1 heterocycles. The maximum Gasteiger partial charge on any atom is 0.257 e. The van der Waals surface area contributed by atoms with Gasteiger partial charge in [-0.3, -0.25) is 14.5 Å². The van der Waals surface area contributed by atoms with Gasteiger partial charge in [0.2, 0.25) is 5.91 Å². The Morgan fingerprint density at radius 3 is 2.50 bits per heavy atom. The number of piperazine rings is 1. The molecule has 2 rings (SSSR count). The Hall–Kier alpha value is -2.08. The Bertz CT molecular complexity index is 554. The fourth-order valence-corrected chi connectivity index (χ4v) is 2.73. The van der Waals surface area contributed by atoms with Gasteiger partial charge in [0.15, 0.2) is 0 Å². The first-order chi connectivity index (χ1) is 11.7. The van der Waals surface area contributed by atoms with Gasteiger partial charge in [-0.25, -0.2) is 0 Å². The molecule has 6 heteroatoms. The van der Waals surface area contributed by atoms with Crippen LogP contribution < -0.4 is 10.1 Å². The number of rotatable bonds is 7. The van der Waals surface area contributed by atoms with Crippen LogP contribution in [0.3, 0.4) is 0 Å². The molecule has 1 aliphatic heterocycles. The highest BCUT2D eigenvalue weighted by Gasteiger charge is 2.24. The minimum absolute atomic E-state index is 0.00543. The second kappa shape index (κ2) is 9.27. The molecular weight excluding hydrogens is 306 g/mol. The van der Waals surface area contributed by atoms with Gasteiger partial charge in [-0.2, -0.15) is 0 Å². The fourth-order valence-electron chi connectivity index (χ4n) is 2.73. The maximum atomic E-state index is 12.7. The van der Waals surface area contributed by atoms with E-state index in [-0.39, 0.29) is 11.8 Å². The van der Waals surface area contributed by atoms with E-state index in [2.05, 4.69) is 10.2 Å². The Labute approximate surface area is 143 Å². The lowest BCUT2D eigenvalue weighted by Gasteiger charge is -2.34. The molecule has 0 aliphatic carbocycles. The smallest absolute Gasteiger partial charge is 0.257 e. The summed E-state index contributed by atoms with van der Waals surface area (Å²) in [5.74, 6) is 0.679. The molecule has 1 N–H and O–H groups in total. The highest BCUT2D eigenvalue weighted by Crippen LogP contribution is 2.20. The van der Waals surface area contributed by atoms with Crippen molar-refractivity contribution in [3.63, 3.8) is 0 Å². The predicted molar refractivity (Wildman–Crippen MR) is 93.3 cm³/mol. The van der Waals surface area contributed by atoms with Crippen molar-refractivity contribution in [1.29, 1.82) is 0 Å². The molecule has 1 aromatic carbocycles. The van der Waals surface area contributed by atoms with Crippen LogP contribution in [0.25, 0.3) is 0 Å². The summed E-state index contributed by atoms with van der Waals surface area (Å²) in [6.45, 7) is 8.26. The van der Waals surface area contributed by atoms with E-state index in [1.54, 1.807) is 6.07 Å². The molecule has 6 nitrogen and oxygen atoms in total. The summed E-state index contributed by atoms with van der Waals surface area (Å²) >= 11 is 0. The minimum atomic E-state index is -0.00543. The molecule has 0 spiro atoms. The van der Waals surface area contributed by atoms with Crippen LogP contribution >= 0.6 is 0 Å². The fraction of sp³-hybridized carbons (Fsp3) is 0.556. The highest BCUT2D eigenvalue weighted by molar-refractivity contribution is 5.97. The number of nitrogens with zero attached hydrogens (tertiary/aromatic N) is 2. The number of para-hydroxylation sites is 1. The van der Waals surface area contributed by atoms with Crippen LogP contribution in [0.4, 0.5) is 0 Å². The van der Waals surface area contributed by atoms with E-state index in [0.29, 0.717) is 57.2 Å². The average Bonchev–Trinajstić information content (AvgIpc) is 2.61. The molecule has 1 saturated heterocycles. The van der Waals surface area contributed by atoms with E-state index in [4.69, 9.17) is 4.74 Å². The van der Waals surface area contributed by atoms with Crippen molar-refractivity contribution < 1.29 is 14.3 Å². The zero-order chi connectivity index (χ0) is 17.4. The summed E-state index contributed by atoms with van der Waals surface area (Å²) in [6, 6.07) is 7.35. The first-order valence-corrected chi connectivity index (χ1v) is 8.65. The normalized spacial score (nSPS) is 15.2. The number of carbonyl (C=O) groups excluding carboxylic acids is 2. The molecule has 0 unspecified atom stereocenters. The molecule has 1 aliphatic rings. The number of carbonyl (C=O) groups is 2. The zero-order valence-electron chi connectivity index (χ0n) is 14.6. The average molecular weight is 333 g/mol. The van der Waals surface area contributed by atoms with Gasteiger partial charge in [-0.1, -0.05) is 19.1 Å². The van der Waals surface area contributed by atoms with Gasteiger partial charge in [-0.05, 0) is 25.5 Å². The van der Waals surface area contributed by atoms with Gasteiger partial charge in [-0.15, -0.1) is 0 Å². The SMILES string of the molecule is CCCNC(=O)CN1CCN(C(=O)c2ccccc2OCC)CC1. The molecule has 0 atom stereocenters. The van der Waals surface area contributed by atoms with E-state index < -0.39 is 0 Å². The number of hydrogen-bond acceptors (Lipinski definition) is 4. The summed E-state index contributed by atoms with van der Waals surface area (Å²) < 4.78 is 5.55. The summed E-state index contributed by atoms with van der Waals surface area (Å²) in [7, 11) is 0.